The number of nitrogens with zero attached hydrogens (tertiary/aromatic N) is 4. The lowest BCUT2D eigenvalue weighted by atomic mass is 10.1. The van der Waals surface area contributed by atoms with Crippen molar-refractivity contribution in [2.75, 3.05) is 18.4 Å². The van der Waals surface area contributed by atoms with Crippen molar-refractivity contribution in [1.82, 2.24) is 14.9 Å². The zero-order valence-corrected chi connectivity index (χ0v) is 12.1. The van der Waals surface area contributed by atoms with Crippen molar-refractivity contribution in [3.63, 3.8) is 0 Å². The Morgan fingerprint density at radius 3 is 3.19 bits per heavy atom. The number of nitrogens with one attached hydrogen (secondary N) is 1. The Bertz CT molecular complexity index is 705. The van der Waals surface area contributed by atoms with Crippen molar-refractivity contribution >= 4 is 23.1 Å². The Morgan fingerprint density at radius 2 is 2.33 bits per heavy atom. The molecule has 0 atom stereocenters. The van der Waals surface area contributed by atoms with E-state index in [0.717, 1.165) is 13.0 Å². The third-order valence-electron chi connectivity index (χ3n) is 3.37. The van der Waals surface area contributed by atoms with Gasteiger partial charge in [-0.15, -0.1) is 11.3 Å². The van der Waals surface area contributed by atoms with E-state index in [-0.39, 0.29) is 18.1 Å². The van der Waals surface area contributed by atoms with Crippen LogP contribution in [-0.4, -0.2) is 33.9 Å². The van der Waals surface area contributed by atoms with Crippen LogP contribution in [0.3, 0.4) is 0 Å². The van der Waals surface area contributed by atoms with Gasteiger partial charge in [0.1, 0.15) is 6.07 Å². The Labute approximate surface area is 126 Å². The minimum atomic E-state index is 0.00129. The molecule has 1 aliphatic heterocycles. The summed E-state index contributed by atoms with van der Waals surface area (Å²) in [5, 5.41) is 13.9. The average Bonchev–Trinajstić information content (AvgIpc) is 3.00. The van der Waals surface area contributed by atoms with E-state index in [9.17, 15) is 4.79 Å². The molecule has 1 N–H and O–H groups in total. The summed E-state index contributed by atoms with van der Waals surface area (Å²) in [6, 6.07) is 4.02. The number of anilines is 1. The molecular formula is C14H13N5OS. The summed E-state index contributed by atoms with van der Waals surface area (Å²) in [5.74, 6) is 0.350. The molecule has 0 aromatic carbocycles. The lowest BCUT2D eigenvalue weighted by molar-refractivity contribution is -0.130. The molecule has 0 spiro atoms. The number of carbonyl (C=O) groups excluding carboxylic acids is 1. The monoisotopic (exact) mass is 299 g/mol. The number of carbonyl (C=O) groups is 1. The van der Waals surface area contributed by atoms with Crippen LogP contribution in [0.2, 0.25) is 0 Å². The van der Waals surface area contributed by atoms with Crippen LogP contribution >= 0.6 is 11.3 Å². The van der Waals surface area contributed by atoms with Gasteiger partial charge >= 0.3 is 0 Å². The lowest BCUT2D eigenvalue weighted by Crippen LogP contribution is -2.39. The lowest BCUT2D eigenvalue weighted by Gasteiger charge is -2.27. The normalized spacial score (nSPS) is 13.4. The van der Waals surface area contributed by atoms with Gasteiger partial charge in [-0.05, 0) is 23.4 Å². The molecule has 0 saturated heterocycles. The molecule has 106 valence electrons. The highest BCUT2D eigenvalue weighted by atomic mass is 32.1. The summed E-state index contributed by atoms with van der Waals surface area (Å²) in [7, 11) is 0. The number of rotatable bonds is 3. The number of hydrogen-bond acceptors (Lipinski definition) is 6. The summed E-state index contributed by atoms with van der Waals surface area (Å²) < 4.78 is 0. The second-order valence-electron chi connectivity index (χ2n) is 4.65. The first-order chi connectivity index (χ1) is 10.3. The Kier molecular flexibility index (Phi) is 3.79. The highest BCUT2D eigenvalue weighted by Crippen LogP contribution is 2.23. The molecule has 3 heterocycles. The van der Waals surface area contributed by atoms with Gasteiger partial charge < -0.3 is 10.2 Å². The maximum absolute atomic E-state index is 12.2. The number of hydrogen-bond donors (Lipinski definition) is 1. The van der Waals surface area contributed by atoms with Gasteiger partial charge in [0, 0.05) is 30.4 Å². The molecule has 0 fully saturated rings. The number of amides is 1. The molecule has 0 radical (unpaired) electrons. The molecule has 7 heteroatoms. The highest BCUT2D eigenvalue weighted by molar-refractivity contribution is 7.10. The van der Waals surface area contributed by atoms with E-state index in [4.69, 9.17) is 5.26 Å². The quantitative estimate of drug-likeness (QED) is 0.926. The zero-order chi connectivity index (χ0) is 14.7. The van der Waals surface area contributed by atoms with Crippen LogP contribution in [0, 0.1) is 11.3 Å². The van der Waals surface area contributed by atoms with Crippen molar-refractivity contribution in [3.8, 4) is 6.07 Å². The zero-order valence-electron chi connectivity index (χ0n) is 11.2. The number of nitriles is 1. The second kappa shape index (κ2) is 5.89. The fourth-order valence-corrected chi connectivity index (χ4v) is 3.17. The standard InChI is InChI=1S/C14H13N5OS/c15-7-11-14(17-4-3-16-11)18-8-13(20)19-5-1-12-10(9-19)2-6-21-12/h2-4,6H,1,5,8-9H2,(H,17,18). The fourth-order valence-electron chi connectivity index (χ4n) is 2.28. The van der Waals surface area contributed by atoms with E-state index in [1.54, 1.807) is 11.3 Å². The Morgan fingerprint density at radius 1 is 1.48 bits per heavy atom. The maximum Gasteiger partial charge on any atom is 0.242 e. The first-order valence-corrected chi connectivity index (χ1v) is 7.44. The average molecular weight is 299 g/mol. The Balaban J connectivity index is 1.62. The van der Waals surface area contributed by atoms with Crippen molar-refractivity contribution < 1.29 is 4.79 Å². The van der Waals surface area contributed by atoms with E-state index in [0.29, 0.717) is 12.4 Å². The van der Waals surface area contributed by atoms with Gasteiger partial charge in [-0.25, -0.2) is 9.97 Å². The third kappa shape index (κ3) is 2.85. The van der Waals surface area contributed by atoms with Crippen LogP contribution < -0.4 is 5.32 Å². The van der Waals surface area contributed by atoms with E-state index in [1.165, 1.54) is 22.8 Å². The molecule has 0 aliphatic carbocycles. The molecule has 0 unspecified atom stereocenters. The predicted octanol–water partition coefficient (Wildman–Crippen LogP) is 1.41. The first-order valence-electron chi connectivity index (χ1n) is 6.56. The first kappa shape index (κ1) is 13.5. The van der Waals surface area contributed by atoms with Gasteiger partial charge in [0.25, 0.3) is 0 Å². The van der Waals surface area contributed by atoms with Gasteiger partial charge in [-0.3, -0.25) is 4.79 Å². The molecule has 0 bridgehead atoms. The predicted molar refractivity (Wildman–Crippen MR) is 78.7 cm³/mol. The van der Waals surface area contributed by atoms with Crippen LogP contribution in [0.4, 0.5) is 5.82 Å². The molecule has 1 amide bonds. The van der Waals surface area contributed by atoms with Crippen molar-refractivity contribution in [1.29, 1.82) is 5.26 Å². The highest BCUT2D eigenvalue weighted by Gasteiger charge is 2.21. The largest absolute Gasteiger partial charge is 0.359 e. The smallest absolute Gasteiger partial charge is 0.242 e. The minimum absolute atomic E-state index is 0.00129. The van der Waals surface area contributed by atoms with Crippen molar-refractivity contribution in [2.45, 2.75) is 13.0 Å². The van der Waals surface area contributed by atoms with Crippen LogP contribution in [0.1, 0.15) is 16.1 Å². The maximum atomic E-state index is 12.2. The van der Waals surface area contributed by atoms with Gasteiger partial charge in [0.15, 0.2) is 11.5 Å². The summed E-state index contributed by atoms with van der Waals surface area (Å²) in [6.07, 6.45) is 3.85. The summed E-state index contributed by atoms with van der Waals surface area (Å²) in [4.78, 5) is 23.4. The fraction of sp³-hybridized carbons (Fsp3) is 0.286. The van der Waals surface area contributed by atoms with E-state index >= 15 is 0 Å². The molecule has 1 aliphatic rings. The second-order valence-corrected chi connectivity index (χ2v) is 5.65. The summed E-state index contributed by atoms with van der Waals surface area (Å²) in [6.45, 7) is 1.51. The van der Waals surface area contributed by atoms with E-state index in [2.05, 4.69) is 26.7 Å². The van der Waals surface area contributed by atoms with E-state index < -0.39 is 0 Å². The minimum Gasteiger partial charge on any atom is -0.359 e. The summed E-state index contributed by atoms with van der Waals surface area (Å²) in [5.41, 5.74) is 1.43. The van der Waals surface area contributed by atoms with Crippen LogP contribution in [0.25, 0.3) is 0 Å². The SMILES string of the molecule is N#Cc1nccnc1NCC(=O)N1CCc2sccc2C1. The third-order valence-corrected chi connectivity index (χ3v) is 4.39. The van der Waals surface area contributed by atoms with Gasteiger partial charge in [0.2, 0.25) is 5.91 Å². The molecule has 21 heavy (non-hydrogen) atoms. The molecule has 0 saturated carbocycles. The van der Waals surface area contributed by atoms with Crippen LogP contribution in [0.5, 0.6) is 0 Å². The van der Waals surface area contributed by atoms with Gasteiger partial charge in [-0.2, -0.15) is 5.26 Å². The topological polar surface area (TPSA) is 81.9 Å². The molecule has 3 rings (SSSR count). The molecule has 6 nitrogen and oxygen atoms in total. The van der Waals surface area contributed by atoms with E-state index in [1.807, 2.05) is 11.0 Å². The van der Waals surface area contributed by atoms with Gasteiger partial charge in [-0.1, -0.05) is 0 Å². The molecular weight excluding hydrogens is 286 g/mol. The summed E-state index contributed by atoms with van der Waals surface area (Å²) >= 11 is 1.75. The number of aromatic nitrogens is 2. The van der Waals surface area contributed by atoms with Crippen molar-refractivity contribution in [2.24, 2.45) is 0 Å². The molecule has 2 aromatic heterocycles. The van der Waals surface area contributed by atoms with Crippen LogP contribution in [-0.2, 0) is 17.8 Å². The van der Waals surface area contributed by atoms with Crippen LogP contribution in [0.15, 0.2) is 23.8 Å². The molecule has 2 aromatic rings. The number of fused-ring (bicyclic) bond motifs is 1. The van der Waals surface area contributed by atoms with Crippen molar-refractivity contribution in [3.05, 3.63) is 40.0 Å². The van der Waals surface area contributed by atoms with Gasteiger partial charge in [0.05, 0.1) is 6.54 Å². The number of thiophene rings is 1. The Hall–Kier alpha value is -2.46.